The van der Waals surface area contributed by atoms with Crippen molar-refractivity contribution in [2.75, 3.05) is 17.2 Å². The van der Waals surface area contributed by atoms with Gasteiger partial charge < -0.3 is 15.4 Å². The minimum atomic E-state index is -0.269. The Morgan fingerprint density at radius 1 is 1.06 bits per heavy atom. The number of hydrogen-bond donors (Lipinski definition) is 2. The number of nitrogens with one attached hydrogen (secondary N) is 2. The van der Waals surface area contributed by atoms with Gasteiger partial charge in [-0.1, -0.05) is 24.3 Å². The standard InChI is InChI=1S/C24H18N4O3/c1-14-5-4-6-16-17(12-20(28-23(14)16)18-7-2-3-10-25-18)24(30)26-15-8-9-19-21(11-15)31-13-22(29)27-19/h2-12H,13H2,1H3,(H,26,30)(H,27,29). The van der Waals surface area contributed by atoms with Crippen LogP contribution in [-0.2, 0) is 4.79 Å². The number of pyridine rings is 2. The highest BCUT2D eigenvalue weighted by atomic mass is 16.5. The molecule has 2 aromatic heterocycles. The fraction of sp³-hybridized carbons (Fsp3) is 0.0833. The molecule has 0 spiro atoms. The Bertz CT molecular complexity index is 1340. The fourth-order valence-electron chi connectivity index (χ4n) is 3.58. The second-order valence-electron chi connectivity index (χ2n) is 7.24. The molecule has 1 aliphatic rings. The molecular weight excluding hydrogens is 392 g/mol. The predicted octanol–water partition coefficient (Wildman–Crippen LogP) is 4.19. The van der Waals surface area contributed by atoms with E-state index in [0.717, 1.165) is 16.5 Å². The van der Waals surface area contributed by atoms with Crippen molar-refractivity contribution in [3.8, 4) is 17.1 Å². The Balaban J connectivity index is 1.55. The van der Waals surface area contributed by atoms with Crippen molar-refractivity contribution < 1.29 is 14.3 Å². The van der Waals surface area contributed by atoms with Crippen LogP contribution < -0.4 is 15.4 Å². The molecule has 3 heterocycles. The summed E-state index contributed by atoms with van der Waals surface area (Å²) in [6, 6.07) is 18.2. The van der Waals surface area contributed by atoms with Crippen LogP contribution in [0, 0.1) is 6.92 Å². The van der Waals surface area contributed by atoms with Gasteiger partial charge >= 0.3 is 0 Å². The molecule has 0 aliphatic carbocycles. The number of carbonyl (C=O) groups excluding carboxylic acids is 2. The normalized spacial score (nSPS) is 12.6. The lowest BCUT2D eigenvalue weighted by Crippen LogP contribution is -2.25. The van der Waals surface area contributed by atoms with Crippen molar-refractivity contribution >= 4 is 34.1 Å². The van der Waals surface area contributed by atoms with Gasteiger partial charge in [0.2, 0.25) is 0 Å². The maximum absolute atomic E-state index is 13.3. The van der Waals surface area contributed by atoms with E-state index in [-0.39, 0.29) is 18.4 Å². The average molecular weight is 410 g/mol. The quantitative estimate of drug-likeness (QED) is 0.528. The molecule has 0 fully saturated rings. The van der Waals surface area contributed by atoms with Gasteiger partial charge in [-0.2, -0.15) is 0 Å². The number of anilines is 2. The van der Waals surface area contributed by atoms with Crippen molar-refractivity contribution in [1.82, 2.24) is 9.97 Å². The number of hydrogen-bond acceptors (Lipinski definition) is 5. The maximum Gasteiger partial charge on any atom is 0.262 e. The lowest BCUT2D eigenvalue weighted by atomic mass is 10.0. The summed E-state index contributed by atoms with van der Waals surface area (Å²) in [6.45, 7) is 1.92. The highest BCUT2D eigenvalue weighted by Crippen LogP contribution is 2.31. The molecule has 7 nitrogen and oxygen atoms in total. The van der Waals surface area contributed by atoms with Crippen molar-refractivity contribution in [3.05, 3.63) is 78.0 Å². The summed E-state index contributed by atoms with van der Waals surface area (Å²) in [4.78, 5) is 33.9. The number of carbonyl (C=O) groups is 2. The van der Waals surface area contributed by atoms with E-state index in [1.165, 1.54) is 0 Å². The van der Waals surface area contributed by atoms with Crippen LogP contribution >= 0.6 is 0 Å². The molecule has 2 aromatic carbocycles. The van der Waals surface area contributed by atoms with E-state index in [4.69, 9.17) is 9.72 Å². The zero-order valence-corrected chi connectivity index (χ0v) is 16.7. The summed E-state index contributed by atoms with van der Waals surface area (Å²) in [5.41, 5.74) is 4.70. The number of aryl methyl sites for hydroxylation is 1. The van der Waals surface area contributed by atoms with Crippen molar-refractivity contribution in [2.24, 2.45) is 0 Å². The van der Waals surface area contributed by atoms with E-state index in [2.05, 4.69) is 15.6 Å². The van der Waals surface area contributed by atoms with Crippen LogP contribution in [0.2, 0.25) is 0 Å². The molecule has 0 radical (unpaired) electrons. The molecule has 7 heteroatoms. The molecule has 0 unspecified atom stereocenters. The first-order chi connectivity index (χ1) is 15.1. The highest BCUT2D eigenvalue weighted by molar-refractivity contribution is 6.13. The van der Waals surface area contributed by atoms with E-state index in [1.807, 2.05) is 43.3 Å². The molecule has 5 rings (SSSR count). The topological polar surface area (TPSA) is 93.2 Å². The van der Waals surface area contributed by atoms with Gasteiger partial charge in [-0.15, -0.1) is 0 Å². The van der Waals surface area contributed by atoms with Crippen molar-refractivity contribution in [1.29, 1.82) is 0 Å². The molecule has 0 saturated heterocycles. The Morgan fingerprint density at radius 2 is 1.97 bits per heavy atom. The molecule has 2 amide bonds. The summed E-state index contributed by atoms with van der Waals surface area (Å²) in [5.74, 6) is 0.0435. The smallest absolute Gasteiger partial charge is 0.262 e. The SMILES string of the molecule is Cc1cccc2c(C(=O)Nc3ccc4c(c3)OCC(=O)N4)cc(-c3ccccn3)nc12. The van der Waals surface area contributed by atoms with Gasteiger partial charge in [-0.3, -0.25) is 14.6 Å². The van der Waals surface area contributed by atoms with Gasteiger partial charge in [0.15, 0.2) is 6.61 Å². The van der Waals surface area contributed by atoms with Gasteiger partial charge in [0.1, 0.15) is 5.75 Å². The summed E-state index contributed by atoms with van der Waals surface area (Å²) in [7, 11) is 0. The molecule has 0 atom stereocenters. The Hall–Kier alpha value is -4.26. The van der Waals surface area contributed by atoms with Gasteiger partial charge in [0.05, 0.1) is 28.2 Å². The number of para-hydroxylation sites is 1. The van der Waals surface area contributed by atoms with E-state index in [0.29, 0.717) is 34.1 Å². The third-order valence-electron chi connectivity index (χ3n) is 5.09. The zero-order chi connectivity index (χ0) is 21.4. The first-order valence-electron chi connectivity index (χ1n) is 9.78. The van der Waals surface area contributed by atoms with Crippen LogP contribution in [0.5, 0.6) is 5.75 Å². The van der Waals surface area contributed by atoms with E-state index < -0.39 is 0 Å². The Morgan fingerprint density at radius 3 is 2.81 bits per heavy atom. The van der Waals surface area contributed by atoms with E-state index in [1.54, 1.807) is 30.5 Å². The number of aromatic nitrogens is 2. The van der Waals surface area contributed by atoms with Crippen LogP contribution in [0.4, 0.5) is 11.4 Å². The van der Waals surface area contributed by atoms with Crippen LogP contribution in [0.1, 0.15) is 15.9 Å². The molecule has 152 valence electrons. The molecular formula is C24H18N4O3. The molecule has 0 saturated carbocycles. The van der Waals surface area contributed by atoms with Gasteiger partial charge in [-0.25, -0.2) is 4.98 Å². The zero-order valence-electron chi connectivity index (χ0n) is 16.7. The molecule has 1 aliphatic heterocycles. The van der Waals surface area contributed by atoms with E-state index in [9.17, 15) is 9.59 Å². The lowest BCUT2D eigenvalue weighted by molar-refractivity contribution is -0.118. The van der Waals surface area contributed by atoms with Gasteiger partial charge in [0, 0.05) is 23.3 Å². The Kier molecular flexibility index (Phi) is 4.55. The summed E-state index contributed by atoms with van der Waals surface area (Å²) < 4.78 is 5.44. The van der Waals surface area contributed by atoms with Crippen molar-refractivity contribution in [2.45, 2.75) is 6.92 Å². The van der Waals surface area contributed by atoms with Crippen LogP contribution in [0.3, 0.4) is 0 Å². The maximum atomic E-state index is 13.3. The third-order valence-corrected chi connectivity index (χ3v) is 5.09. The second kappa shape index (κ2) is 7.53. The molecule has 4 aromatic rings. The van der Waals surface area contributed by atoms with Crippen molar-refractivity contribution in [3.63, 3.8) is 0 Å². The average Bonchev–Trinajstić information content (AvgIpc) is 2.79. The van der Waals surface area contributed by atoms with Gasteiger partial charge in [-0.05, 0) is 42.8 Å². The number of ether oxygens (including phenoxy) is 1. The largest absolute Gasteiger partial charge is 0.482 e. The number of amides is 2. The number of rotatable bonds is 3. The molecule has 0 bridgehead atoms. The Labute approximate surface area is 178 Å². The number of fused-ring (bicyclic) bond motifs is 2. The third kappa shape index (κ3) is 3.57. The minimum absolute atomic E-state index is 0.0495. The second-order valence-corrected chi connectivity index (χ2v) is 7.24. The van der Waals surface area contributed by atoms with Crippen LogP contribution in [0.25, 0.3) is 22.3 Å². The fourth-order valence-corrected chi connectivity index (χ4v) is 3.58. The first kappa shape index (κ1) is 18.7. The van der Waals surface area contributed by atoms with E-state index >= 15 is 0 Å². The summed E-state index contributed by atoms with van der Waals surface area (Å²) in [6.07, 6.45) is 1.70. The first-order valence-corrected chi connectivity index (χ1v) is 9.78. The lowest BCUT2D eigenvalue weighted by Gasteiger charge is -2.19. The minimum Gasteiger partial charge on any atom is -0.482 e. The summed E-state index contributed by atoms with van der Waals surface area (Å²) in [5, 5.41) is 6.43. The van der Waals surface area contributed by atoms with Crippen LogP contribution in [-0.4, -0.2) is 28.4 Å². The van der Waals surface area contributed by atoms with Crippen LogP contribution in [0.15, 0.2) is 66.9 Å². The molecule has 2 N–H and O–H groups in total. The number of nitrogens with zero attached hydrogens (tertiary/aromatic N) is 2. The molecule has 31 heavy (non-hydrogen) atoms. The number of benzene rings is 2. The van der Waals surface area contributed by atoms with Gasteiger partial charge in [0.25, 0.3) is 11.8 Å². The predicted molar refractivity (Wildman–Crippen MR) is 118 cm³/mol. The summed E-state index contributed by atoms with van der Waals surface area (Å²) >= 11 is 0. The monoisotopic (exact) mass is 410 g/mol. The highest BCUT2D eigenvalue weighted by Gasteiger charge is 2.19.